The number of rotatable bonds is 5. The highest BCUT2D eigenvalue weighted by atomic mass is 32.1. The van der Waals surface area contributed by atoms with Crippen molar-refractivity contribution in [3.8, 4) is 0 Å². The number of halogens is 1. The zero-order valence-corrected chi connectivity index (χ0v) is 19.1. The first-order valence-corrected chi connectivity index (χ1v) is 12.1. The molecule has 5 rings (SSSR count). The molecule has 1 aliphatic heterocycles. The smallest absolute Gasteiger partial charge is 0.291 e. The van der Waals surface area contributed by atoms with Gasteiger partial charge in [-0.05, 0) is 56.5 Å². The van der Waals surface area contributed by atoms with Crippen LogP contribution in [-0.2, 0) is 12.8 Å². The molecule has 1 aliphatic carbocycles. The third kappa shape index (κ3) is 4.12. The predicted octanol–water partition coefficient (Wildman–Crippen LogP) is 4.95. The van der Waals surface area contributed by atoms with Gasteiger partial charge in [-0.25, -0.2) is 4.39 Å². The minimum absolute atomic E-state index is 0.199. The molecule has 0 radical (unpaired) electrons. The number of hydrogen-bond donors (Lipinski definition) is 1. The van der Waals surface area contributed by atoms with E-state index in [2.05, 4.69) is 22.2 Å². The number of benzene rings is 1. The Kier molecular flexibility index (Phi) is 6.13. The number of fused-ring (bicyclic) bond motifs is 1. The SMILES string of the molecule is CN1CCN(C(c2ccccc2F)c2c(NC(=O)c3ccco3)sc3c2CCCC3)CC1. The maximum absolute atomic E-state index is 15.2. The Hall–Kier alpha value is -2.48. The average Bonchev–Trinajstić information content (AvgIpc) is 3.45. The highest BCUT2D eigenvalue weighted by molar-refractivity contribution is 7.16. The van der Waals surface area contributed by atoms with Gasteiger partial charge in [0.15, 0.2) is 5.76 Å². The molecule has 1 atom stereocenters. The lowest BCUT2D eigenvalue weighted by Gasteiger charge is -2.39. The van der Waals surface area contributed by atoms with Crippen molar-refractivity contribution in [2.24, 2.45) is 0 Å². The third-order valence-electron chi connectivity index (χ3n) is 6.56. The predicted molar refractivity (Wildman–Crippen MR) is 125 cm³/mol. The van der Waals surface area contributed by atoms with Crippen molar-refractivity contribution < 1.29 is 13.6 Å². The number of nitrogens with one attached hydrogen (secondary N) is 1. The minimum Gasteiger partial charge on any atom is -0.459 e. The number of amides is 1. The number of carbonyl (C=O) groups is 1. The topological polar surface area (TPSA) is 48.7 Å². The van der Waals surface area contributed by atoms with Gasteiger partial charge in [0.1, 0.15) is 10.8 Å². The van der Waals surface area contributed by atoms with E-state index in [1.807, 2.05) is 12.1 Å². The van der Waals surface area contributed by atoms with Crippen molar-refractivity contribution in [3.05, 3.63) is 75.8 Å². The maximum atomic E-state index is 15.2. The monoisotopic (exact) mass is 453 g/mol. The highest BCUT2D eigenvalue weighted by Gasteiger charge is 2.34. The minimum atomic E-state index is -0.263. The molecule has 2 aromatic heterocycles. The van der Waals surface area contributed by atoms with Crippen LogP contribution >= 0.6 is 11.3 Å². The Morgan fingerprint density at radius 1 is 1.09 bits per heavy atom. The van der Waals surface area contributed by atoms with Gasteiger partial charge in [-0.2, -0.15) is 0 Å². The molecule has 5 nitrogen and oxygen atoms in total. The number of anilines is 1. The molecule has 3 heterocycles. The van der Waals surface area contributed by atoms with Gasteiger partial charge in [0, 0.05) is 42.2 Å². The van der Waals surface area contributed by atoms with Crippen LogP contribution in [0.3, 0.4) is 0 Å². The molecule has 1 amide bonds. The molecular weight excluding hydrogens is 425 g/mol. The van der Waals surface area contributed by atoms with Crippen LogP contribution in [0.5, 0.6) is 0 Å². The standard InChI is InChI=1S/C25H28FN3O2S/c1-28-12-14-29(15-13-28)23(17-7-2-4-9-19(17)26)22-18-8-3-5-11-21(18)32-25(22)27-24(30)20-10-6-16-31-20/h2,4,6-7,9-10,16,23H,3,5,8,11-15H2,1H3,(H,27,30). The summed E-state index contributed by atoms with van der Waals surface area (Å²) >= 11 is 1.65. The summed E-state index contributed by atoms with van der Waals surface area (Å²) in [5.74, 6) is -0.180. The van der Waals surface area contributed by atoms with E-state index in [1.165, 1.54) is 16.7 Å². The van der Waals surface area contributed by atoms with E-state index in [0.29, 0.717) is 5.56 Å². The fraction of sp³-hybridized carbons (Fsp3) is 0.400. The summed E-state index contributed by atoms with van der Waals surface area (Å²) in [6, 6.07) is 10.2. The largest absolute Gasteiger partial charge is 0.459 e. The summed E-state index contributed by atoms with van der Waals surface area (Å²) in [5.41, 5.74) is 3.04. The maximum Gasteiger partial charge on any atom is 0.291 e. The number of aryl methyl sites for hydroxylation is 1. The lowest BCUT2D eigenvalue weighted by molar-refractivity contribution is 0.0996. The van der Waals surface area contributed by atoms with Crippen LogP contribution in [-0.4, -0.2) is 48.9 Å². The molecule has 0 bridgehead atoms. The van der Waals surface area contributed by atoms with Gasteiger partial charge < -0.3 is 14.6 Å². The van der Waals surface area contributed by atoms with E-state index in [4.69, 9.17) is 4.42 Å². The van der Waals surface area contributed by atoms with Gasteiger partial charge in [-0.1, -0.05) is 18.2 Å². The second-order valence-electron chi connectivity index (χ2n) is 8.65. The number of thiophene rings is 1. The van der Waals surface area contributed by atoms with Gasteiger partial charge in [0.2, 0.25) is 0 Å². The van der Waals surface area contributed by atoms with Crippen molar-refractivity contribution in [2.45, 2.75) is 31.7 Å². The lowest BCUT2D eigenvalue weighted by atomic mass is 9.88. The Morgan fingerprint density at radius 2 is 1.88 bits per heavy atom. The molecule has 168 valence electrons. The molecule has 1 saturated heterocycles. The Labute approximate surface area is 191 Å². The van der Waals surface area contributed by atoms with E-state index in [1.54, 1.807) is 35.6 Å². The number of hydrogen-bond acceptors (Lipinski definition) is 5. The first kappa shape index (κ1) is 21.4. The zero-order valence-electron chi connectivity index (χ0n) is 18.3. The van der Waals surface area contributed by atoms with Crippen molar-refractivity contribution in [2.75, 3.05) is 38.5 Å². The normalized spacial score (nSPS) is 18.3. The van der Waals surface area contributed by atoms with Crippen LogP contribution in [0.25, 0.3) is 0 Å². The van der Waals surface area contributed by atoms with Crippen LogP contribution in [0.1, 0.15) is 51.0 Å². The molecule has 2 aliphatic rings. The van der Waals surface area contributed by atoms with Crippen molar-refractivity contribution >= 4 is 22.2 Å². The number of likely N-dealkylation sites (N-methyl/N-ethyl adjacent to an activating group) is 1. The molecule has 32 heavy (non-hydrogen) atoms. The molecule has 7 heteroatoms. The van der Waals surface area contributed by atoms with Crippen LogP contribution in [0.2, 0.25) is 0 Å². The summed E-state index contributed by atoms with van der Waals surface area (Å²) < 4.78 is 20.5. The molecule has 1 unspecified atom stereocenters. The first-order valence-electron chi connectivity index (χ1n) is 11.3. The van der Waals surface area contributed by atoms with E-state index < -0.39 is 0 Å². The van der Waals surface area contributed by atoms with Gasteiger partial charge in [-0.15, -0.1) is 11.3 Å². The summed E-state index contributed by atoms with van der Waals surface area (Å²) in [6.45, 7) is 3.58. The van der Waals surface area contributed by atoms with Crippen LogP contribution in [0.15, 0.2) is 47.1 Å². The first-order chi connectivity index (χ1) is 15.6. The summed E-state index contributed by atoms with van der Waals surface area (Å²) in [6.07, 6.45) is 5.75. The van der Waals surface area contributed by atoms with E-state index in [-0.39, 0.29) is 23.5 Å². The Morgan fingerprint density at radius 3 is 2.62 bits per heavy atom. The number of nitrogens with zero attached hydrogens (tertiary/aromatic N) is 2. The second kappa shape index (κ2) is 9.17. The van der Waals surface area contributed by atoms with Gasteiger partial charge in [0.05, 0.1) is 12.3 Å². The van der Waals surface area contributed by atoms with Gasteiger partial charge in [-0.3, -0.25) is 9.69 Å². The molecular formula is C25H28FN3O2S. The van der Waals surface area contributed by atoms with Crippen molar-refractivity contribution in [3.63, 3.8) is 0 Å². The lowest BCUT2D eigenvalue weighted by Crippen LogP contribution is -2.46. The summed E-state index contributed by atoms with van der Waals surface area (Å²) in [7, 11) is 2.12. The van der Waals surface area contributed by atoms with Crippen LogP contribution in [0.4, 0.5) is 9.39 Å². The fourth-order valence-electron chi connectivity index (χ4n) is 4.86. The molecule has 3 aromatic rings. The zero-order chi connectivity index (χ0) is 22.1. The van der Waals surface area contributed by atoms with Gasteiger partial charge >= 0.3 is 0 Å². The summed E-state index contributed by atoms with van der Waals surface area (Å²) in [4.78, 5) is 18.9. The average molecular weight is 454 g/mol. The fourth-order valence-corrected chi connectivity index (χ4v) is 6.17. The number of furan rings is 1. The molecule has 1 fully saturated rings. The van der Waals surface area contributed by atoms with Crippen LogP contribution in [0, 0.1) is 5.82 Å². The summed E-state index contributed by atoms with van der Waals surface area (Å²) in [5, 5.41) is 3.94. The van der Waals surface area contributed by atoms with E-state index >= 15 is 4.39 Å². The van der Waals surface area contributed by atoms with E-state index in [9.17, 15) is 4.79 Å². The van der Waals surface area contributed by atoms with Crippen molar-refractivity contribution in [1.29, 1.82) is 0 Å². The Balaban J connectivity index is 1.62. The second-order valence-corrected chi connectivity index (χ2v) is 9.75. The quantitative estimate of drug-likeness (QED) is 0.594. The molecule has 1 aromatic carbocycles. The molecule has 0 saturated carbocycles. The number of carbonyl (C=O) groups excluding carboxylic acids is 1. The van der Waals surface area contributed by atoms with E-state index in [0.717, 1.165) is 62.4 Å². The highest BCUT2D eigenvalue weighted by Crippen LogP contribution is 2.46. The molecule has 1 N–H and O–H groups in total. The third-order valence-corrected chi connectivity index (χ3v) is 7.78. The van der Waals surface area contributed by atoms with Crippen LogP contribution < -0.4 is 5.32 Å². The van der Waals surface area contributed by atoms with Gasteiger partial charge in [0.25, 0.3) is 5.91 Å². The Bertz CT molecular complexity index is 1090. The number of piperazine rings is 1. The van der Waals surface area contributed by atoms with Crippen molar-refractivity contribution in [1.82, 2.24) is 9.80 Å². The molecule has 0 spiro atoms.